The van der Waals surface area contributed by atoms with Gasteiger partial charge in [-0.1, -0.05) is 0 Å². The van der Waals surface area contributed by atoms with Gasteiger partial charge in [0.25, 0.3) is 0 Å². The summed E-state index contributed by atoms with van der Waals surface area (Å²) in [5.41, 5.74) is 0. The first-order chi connectivity index (χ1) is 4.95. The van der Waals surface area contributed by atoms with Gasteiger partial charge in [-0.25, -0.2) is 4.21 Å². The van der Waals surface area contributed by atoms with Crippen LogP contribution >= 0.6 is 0 Å². The molecule has 2 unspecified atom stereocenters. The Balaban J connectivity index is 3.92. The van der Waals surface area contributed by atoms with Gasteiger partial charge in [0.2, 0.25) is 0 Å². The van der Waals surface area contributed by atoms with Crippen LogP contribution in [0.15, 0.2) is 0 Å². The molecule has 5 heteroatoms. The van der Waals surface area contributed by atoms with E-state index in [-0.39, 0.29) is 17.7 Å². The highest BCUT2D eigenvalue weighted by molar-refractivity contribution is 7.79. The highest BCUT2D eigenvalue weighted by Crippen LogP contribution is 1.96. The minimum atomic E-state index is -1.86. The fourth-order valence-electron chi connectivity index (χ4n) is 0.596. The summed E-state index contributed by atoms with van der Waals surface area (Å²) in [6.07, 6.45) is 0. The van der Waals surface area contributed by atoms with Gasteiger partial charge >= 0.3 is 0 Å². The van der Waals surface area contributed by atoms with E-state index in [1.165, 1.54) is 6.92 Å². The molecule has 66 valence electrons. The minimum absolute atomic E-state index is 0.00190. The van der Waals surface area contributed by atoms with E-state index in [4.69, 9.17) is 4.55 Å². The van der Waals surface area contributed by atoms with Crippen LogP contribution in [0.1, 0.15) is 13.8 Å². The van der Waals surface area contributed by atoms with Crippen LogP contribution in [0.2, 0.25) is 0 Å². The summed E-state index contributed by atoms with van der Waals surface area (Å²) in [4.78, 5) is 12.3. The lowest BCUT2D eigenvalue weighted by atomic mass is 10.2. The van der Waals surface area contributed by atoms with Crippen molar-refractivity contribution in [3.63, 3.8) is 0 Å². The van der Waals surface area contributed by atoms with Crippen LogP contribution in [0, 0.1) is 0 Å². The van der Waals surface area contributed by atoms with Gasteiger partial charge in [0, 0.05) is 0 Å². The van der Waals surface area contributed by atoms with Gasteiger partial charge in [-0.15, -0.1) is 0 Å². The molecule has 2 atom stereocenters. The van der Waals surface area contributed by atoms with E-state index >= 15 is 0 Å². The zero-order chi connectivity index (χ0) is 9.02. The van der Waals surface area contributed by atoms with Gasteiger partial charge in [-0.3, -0.25) is 9.69 Å². The quantitative estimate of drug-likeness (QED) is 0.621. The molecule has 0 aliphatic carbocycles. The Hall–Kier alpha value is -0.260. The molecule has 0 rings (SSSR count). The third-order valence-corrected chi connectivity index (χ3v) is 2.19. The van der Waals surface area contributed by atoms with Gasteiger partial charge in [-0.2, -0.15) is 0 Å². The summed E-state index contributed by atoms with van der Waals surface area (Å²) in [5.74, 6) is 0.0127. The Kier molecular flexibility index (Phi) is 4.48. The lowest BCUT2D eigenvalue weighted by Crippen LogP contribution is -2.36. The molecule has 1 N–H and O–H groups in total. The van der Waals surface area contributed by atoms with Crippen LogP contribution in [0.4, 0.5) is 0 Å². The number of hydrogen-bond donors (Lipinski definition) is 1. The van der Waals surface area contributed by atoms with Crippen molar-refractivity contribution >= 4 is 16.9 Å². The van der Waals surface area contributed by atoms with Gasteiger partial charge in [0.15, 0.2) is 11.1 Å². The van der Waals surface area contributed by atoms with E-state index in [1.807, 2.05) is 0 Å². The molecule has 0 radical (unpaired) electrons. The molecule has 0 aromatic carbocycles. The van der Waals surface area contributed by atoms with Gasteiger partial charge in [0.1, 0.15) is 11.7 Å². The summed E-state index contributed by atoms with van der Waals surface area (Å²) in [7, 11) is 1.64. The predicted molar refractivity (Wildman–Crippen MR) is 43.5 cm³/mol. The van der Waals surface area contributed by atoms with Crippen LogP contribution in [0.25, 0.3) is 0 Å². The minimum Gasteiger partial charge on any atom is -0.305 e. The number of ketones is 1. The smallest absolute Gasteiger partial charge is 0.167 e. The number of rotatable bonds is 4. The highest BCUT2D eigenvalue weighted by atomic mass is 32.2. The first-order valence-corrected chi connectivity index (χ1v) is 4.51. The molecule has 0 fully saturated rings. The number of hydrogen-bond acceptors (Lipinski definition) is 3. The molecule has 4 nitrogen and oxygen atoms in total. The molecular formula is C6H13NO3S. The number of nitrogens with zero attached hydrogens (tertiary/aromatic N) is 1. The molecule has 0 saturated heterocycles. The molecule has 11 heavy (non-hydrogen) atoms. The molecule has 0 saturated carbocycles. The van der Waals surface area contributed by atoms with Crippen molar-refractivity contribution in [3.05, 3.63) is 0 Å². The fourth-order valence-corrected chi connectivity index (χ4v) is 1.17. The first-order valence-electron chi connectivity index (χ1n) is 3.23. The Morgan fingerprint density at radius 3 is 2.45 bits per heavy atom. The second kappa shape index (κ2) is 4.58. The Bertz CT molecular complexity index is 171. The second-order valence-corrected chi connectivity index (χ2v) is 3.40. The Morgan fingerprint density at radius 2 is 2.18 bits per heavy atom. The lowest BCUT2D eigenvalue weighted by molar-refractivity contribution is -0.120. The molecule has 0 aromatic rings. The molecule has 0 bridgehead atoms. The summed E-state index contributed by atoms with van der Waals surface area (Å²) in [6.45, 7) is 3.16. The normalized spacial score (nSPS) is 16.5. The first kappa shape index (κ1) is 10.7. The van der Waals surface area contributed by atoms with Crippen molar-refractivity contribution in [2.75, 3.05) is 12.9 Å². The van der Waals surface area contributed by atoms with Crippen LogP contribution in [0.5, 0.6) is 0 Å². The van der Waals surface area contributed by atoms with E-state index in [0.717, 1.165) is 0 Å². The zero-order valence-electron chi connectivity index (χ0n) is 6.90. The second-order valence-electron chi connectivity index (χ2n) is 2.49. The lowest BCUT2D eigenvalue weighted by Gasteiger charge is -2.19. The average Bonchev–Trinajstić information content (AvgIpc) is 1.84. The van der Waals surface area contributed by atoms with Crippen LogP contribution in [0.3, 0.4) is 0 Å². The maximum absolute atomic E-state index is 10.7. The van der Waals surface area contributed by atoms with Crippen molar-refractivity contribution < 1.29 is 13.6 Å². The molecule has 0 aromatic heterocycles. The van der Waals surface area contributed by atoms with E-state index in [2.05, 4.69) is 0 Å². The molecule has 0 aliphatic heterocycles. The number of carbonyl (C=O) groups excluding carboxylic acids is 1. The van der Waals surface area contributed by atoms with Crippen molar-refractivity contribution in [1.82, 2.24) is 4.90 Å². The van der Waals surface area contributed by atoms with Gasteiger partial charge in [-0.05, 0) is 20.9 Å². The maximum Gasteiger partial charge on any atom is 0.167 e. The molecule has 0 aliphatic rings. The van der Waals surface area contributed by atoms with E-state index in [9.17, 15) is 9.00 Å². The van der Waals surface area contributed by atoms with Gasteiger partial charge in [0.05, 0.1) is 6.04 Å². The average molecular weight is 179 g/mol. The van der Waals surface area contributed by atoms with Crippen molar-refractivity contribution in [2.24, 2.45) is 0 Å². The van der Waals surface area contributed by atoms with Crippen LogP contribution < -0.4 is 0 Å². The monoisotopic (exact) mass is 179 g/mol. The third-order valence-electron chi connectivity index (χ3n) is 1.56. The molecule has 0 spiro atoms. The molecular weight excluding hydrogens is 166 g/mol. The summed E-state index contributed by atoms with van der Waals surface area (Å²) in [5, 5.41) is 0. The topological polar surface area (TPSA) is 57.6 Å². The largest absolute Gasteiger partial charge is 0.305 e. The summed E-state index contributed by atoms with van der Waals surface area (Å²) >= 11 is -1.86. The van der Waals surface area contributed by atoms with E-state index < -0.39 is 11.1 Å². The molecule has 0 heterocycles. The van der Waals surface area contributed by atoms with Crippen LogP contribution in [-0.4, -0.2) is 38.4 Å². The number of likely N-dealkylation sites (N-methyl/N-ethyl adjacent to an activating group) is 1. The molecule has 0 amide bonds. The summed E-state index contributed by atoms with van der Waals surface area (Å²) < 4.78 is 18.8. The predicted octanol–water partition coefficient (Wildman–Crippen LogP) is 0.0749. The van der Waals surface area contributed by atoms with Crippen molar-refractivity contribution in [2.45, 2.75) is 19.9 Å². The van der Waals surface area contributed by atoms with Crippen molar-refractivity contribution in [1.29, 1.82) is 0 Å². The highest BCUT2D eigenvalue weighted by Gasteiger charge is 2.14. The number of Topliss-reactive ketones (excluding diaryl/α,β-unsaturated/α-hetero) is 1. The van der Waals surface area contributed by atoms with Crippen LogP contribution in [-0.2, 0) is 15.9 Å². The van der Waals surface area contributed by atoms with Crippen molar-refractivity contribution in [3.8, 4) is 0 Å². The zero-order valence-corrected chi connectivity index (χ0v) is 7.72. The maximum atomic E-state index is 10.7. The Labute approximate surface area is 68.9 Å². The van der Waals surface area contributed by atoms with E-state index in [1.54, 1.807) is 18.9 Å². The standard InChI is InChI=1S/C6H13NO3S/c1-5(6(2)8)7(3)4-11(9)10/h5H,4H2,1-3H3,(H,9,10). The SMILES string of the molecule is CC(=O)C(C)N(C)CS(=O)O. The Morgan fingerprint density at radius 1 is 1.73 bits per heavy atom. The van der Waals surface area contributed by atoms with E-state index in [0.29, 0.717) is 0 Å². The third kappa shape index (κ3) is 4.23. The number of carbonyl (C=O) groups is 1. The summed E-state index contributed by atoms with van der Waals surface area (Å²) in [6, 6.07) is -0.286. The van der Waals surface area contributed by atoms with Gasteiger partial charge < -0.3 is 4.55 Å². The fraction of sp³-hybridized carbons (Fsp3) is 0.833.